The first kappa shape index (κ1) is 19.4. The molecule has 2 aromatic carbocycles. The molecule has 1 aliphatic heterocycles. The van der Waals surface area contributed by atoms with Crippen LogP contribution in [0.5, 0.6) is 0 Å². The number of amides is 2. The highest BCUT2D eigenvalue weighted by Crippen LogP contribution is 2.32. The van der Waals surface area contributed by atoms with Gasteiger partial charge >= 0.3 is 0 Å². The van der Waals surface area contributed by atoms with Crippen LogP contribution in [0.2, 0.25) is 5.02 Å². The third kappa shape index (κ3) is 4.69. The van der Waals surface area contributed by atoms with Crippen LogP contribution < -0.4 is 10.2 Å². The van der Waals surface area contributed by atoms with E-state index in [1.165, 1.54) is 0 Å². The molecule has 0 aliphatic carbocycles. The van der Waals surface area contributed by atoms with Crippen molar-refractivity contribution in [3.63, 3.8) is 0 Å². The van der Waals surface area contributed by atoms with Crippen LogP contribution in [0, 0.1) is 5.92 Å². The van der Waals surface area contributed by atoms with Crippen LogP contribution in [-0.4, -0.2) is 24.9 Å². The lowest BCUT2D eigenvalue weighted by molar-refractivity contribution is -0.126. The fourth-order valence-corrected chi connectivity index (χ4v) is 3.72. The minimum Gasteiger partial charge on any atom is -0.355 e. The van der Waals surface area contributed by atoms with Crippen molar-refractivity contribution in [2.24, 2.45) is 5.92 Å². The van der Waals surface area contributed by atoms with Gasteiger partial charge in [-0.15, -0.1) is 0 Å². The Morgan fingerprint density at radius 3 is 2.74 bits per heavy atom. The number of halogens is 1. The summed E-state index contributed by atoms with van der Waals surface area (Å²) in [4.78, 5) is 26.8. The minimum atomic E-state index is -0.308. The second-order valence-corrected chi connectivity index (χ2v) is 7.73. The summed E-state index contributed by atoms with van der Waals surface area (Å²) in [7, 11) is 0. The molecule has 2 aromatic rings. The summed E-state index contributed by atoms with van der Waals surface area (Å²) in [5.41, 5.74) is 3.14. The zero-order valence-corrected chi connectivity index (χ0v) is 16.5. The lowest BCUT2D eigenvalue weighted by Gasteiger charge is -2.22. The van der Waals surface area contributed by atoms with Gasteiger partial charge in [0, 0.05) is 30.2 Å². The summed E-state index contributed by atoms with van der Waals surface area (Å²) in [6, 6.07) is 15.6. The fourth-order valence-electron chi connectivity index (χ4n) is 3.50. The summed E-state index contributed by atoms with van der Waals surface area (Å²) < 4.78 is 0. The van der Waals surface area contributed by atoms with Crippen molar-refractivity contribution in [2.75, 3.05) is 18.0 Å². The van der Waals surface area contributed by atoms with Crippen molar-refractivity contribution in [2.45, 2.75) is 32.6 Å². The van der Waals surface area contributed by atoms with Crippen LogP contribution in [0.15, 0.2) is 48.5 Å². The molecule has 5 heteroatoms. The molecule has 1 unspecified atom stereocenters. The third-order valence-corrected chi connectivity index (χ3v) is 5.18. The number of carbonyl (C=O) groups excluding carboxylic acids is 2. The van der Waals surface area contributed by atoms with Gasteiger partial charge in [0.1, 0.15) is 0 Å². The number of rotatable bonds is 6. The van der Waals surface area contributed by atoms with Crippen molar-refractivity contribution >= 4 is 29.1 Å². The van der Waals surface area contributed by atoms with E-state index in [1.807, 2.05) is 48.5 Å². The maximum atomic E-state index is 12.5. The summed E-state index contributed by atoms with van der Waals surface area (Å²) in [6.07, 6.45) is 0.974. The molecule has 3 rings (SSSR count). The van der Waals surface area contributed by atoms with Crippen LogP contribution in [0.4, 0.5) is 5.69 Å². The van der Waals surface area contributed by atoms with Crippen molar-refractivity contribution in [1.82, 2.24) is 5.32 Å². The number of para-hydroxylation sites is 1. The average molecular weight is 385 g/mol. The van der Waals surface area contributed by atoms with E-state index in [-0.39, 0.29) is 24.2 Å². The number of nitrogens with zero attached hydrogens (tertiary/aromatic N) is 1. The highest BCUT2D eigenvalue weighted by Gasteiger charge is 2.35. The highest BCUT2D eigenvalue weighted by atomic mass is 35.5. The van der Waals surface area contributed by atoms with E-state index in [1.54, 1.807) is 4.90 Å². The highest BCUT2D eigenvalue weighted by molar-refractivity contribution is 6.30. The minimum absolute atomic E-state index is 0.0121. The topological polar surface area (TPSA) is 49.4 Å². The van der Waals surface area contributed by atoms with E-state index in [2.05, 4.69) is 19.2 Å². The molecular weight excluding hydrogens is 360 g/mol. The van der Waals surface area contributed by atoms with Crippen molar-refractivity contribution in [1.29, 1.82) is 0 Å². The normalized spacial score (nSPS) is 16.8. The Morgan fingerprint density at radius 1 is 1.22 bits per heavy atom. The largest absolute Gasteiger partial charge is 0.355 e. The number of nitrogens with one attached hydrogen (secondary N) is 1. The molecule has 27 heavy (non-hydrogen) atoms. The van der Waals surface area contributed by atoms with Gasteiger partial charge in [-0.3, -0.25) is 9.59 Å². The first-order valence-corrected chi connectivity index (χ1v) is 9.75. The monoisotopic (exact) mass is 384 g/mol. The summed E-state index contributed by atoms with van der Waals surface area (Å²) in [5.74, 6) is -0.0374. The molecule has 1 heterocycles. The van der Waals surface area contributed by atoms with Gasteiger partial charge in [-0.2, -0.15) is 0 Å². The van der Waals surface area contributed by atoms with E-state index < -0.39 is 0 Å². The Kier molecular flexibility index (Phi) is 6.17. The molecule has 2 amide bonds. The van der Waals surface area contributed by atoms with Crippen LogP contribution in [0.25, 0.3) is 0 Å². The molecule has 1 saturated heterocycles. The molecule has 142 valence electrons. The van der Waals surface area contributed by atoms with Gasteiger partial charge in [-0.05, 0) is 41.7 Å². The molecule has 0 saturated carbocycles. The van der Waals surface area contributed by atoms with Crippen LogP contribution in [-0.2, 0) is 16.0 Å². The molecule has 0 aromatic heterocycles. The zero-order valence-electron chi connectivity index (χ0n) is 15.7. The van der Waals surface area contributed by atoms with E-state index in [0.717, 1.165) is 16.8 Å². The number of benzene rings is 2. The van der Waals surface area contributed by atoms with Gasteiger partial charge in [0.05, 0.1) is 5.92 Å². The Morgan fingerprint density at radius 2 is 2.00 bits per heavy atom. The maximum absolute atomic E-state index is 12.5. The fraction of sp³-hybridized carbons (Fsp3) is 0.364. The molecule has 1 atom stereocenters. The number of anilines is 1. The van der Waals surface area contributed by atoms with Crippen molar-refractivity contribution < 1.29 is 9.59 Å². The SMILES string of the molecule is CC(C)c1ccccc1N1CC(C(=O)NCCc2cccc(Cl)c2)CC1=O. The summed E-state index contributed by atoms with van der Waals surface area (Å²) >= 11 is 5.98. The molecule has 1 N–H and O–H groups in total. The van der Waals surface area contributed by atoms with Crippen molar-refractivity contribution in [3.8, 4) is 0 Å². The lowest BCUT2D eigenvalue weighted by Crippen LogP contribution is -2.34. The van der Waals surface area contributed by atoms with Gasteiger partial charge in [0.15, 0.2) is 0 Å². The van der Waals surface area contributed by atoms with Gasteiger partial charge in [0.2, 0.25) is 11.8 Å². The van der Waals surface area contributed by atoms with Gasteiger partial charge < -0.3 is 10.2 Å². The zero-order chi connectivity index (χ0) is 19.4. The Balaban J connectivity index is 1.59. The number of hydrogen-bond acceptors (Lipinski definition) is 2. The molecule has 4 nitrogen and oxygen atoms in total. The predicted octanol–water partition coefficient (Wildman–Crippen LogP) is 4.18. The molecule has 1 aliphatic rings. The molecule has 0 spiro atoms. The second kappa shape index (κ2) is 8.57. The second-order valence-electron chi connectivity index (χ2n) is 7.29. The standard InChI is InChI=1S/C22H25ClN2O2/c1-15(2)19-8-3-4-9-20(19)25-14-17(13-21(25)26)22(27)24-11-10-16-6-5-7-18(23)12-16/h3-9,12,15,17H,10-11,13-14H2,1-2H3,(H,24,27). The van der Waals surface area contributed by atoms with Crippen LogP contribution in [0.1, 0.15) is 37.3 Å². The number of carbonyl (C=O) groups is 2. The van der Waals surface area contributed by atoms with E-state index in [9.17, 15) is 9.59 Å². The quantitative estimate of drug-likeness (QED) is 0.812. The summed E-state index contributed by atoms with van der Waals surface area (Å²) in [6.45, 7) is 5.19. The van der Waals surface area contributed by atoms with Gasteiger partial charge in [-0.25, -0.2) is 0 Å². The molecule has 0 bridgehead atoms. The maximum Gasteiger partial charge on any atom is 0.227 e. The number of hydrogen-bond donors (Lipinski definition) is 1. The Hall–Kier alpha value is -2.33. The first-order valence-electron chi connectivity index (χ1n) is 9.37. The Labute approximate surface area is 165 Å². The lowest BCUT2D eigenvalue weighted by atomic mass is 10.0. The van der Waals surface area contributed by atoms with Gasteiger partial charge in [0.25, 0.3) is 0 Å². The van der Waals surface area contributed by atoms with E-state index in [4.69, 9.17) is 11.6 Å². The molecule has 0 radical (unpaired) electrons. The Bertz CT molecular complexity index is 835. The van der Waals surface area contributed by atoms with E-state index in [0.29, 0.717) is 30.5 Å². The third-order valence-electron chi connectivity index (χ3n) is 4.95. The van der Waals surface area contributed by atoms with Crippen LogP contribution >= 0.6 is 11.6 Å². The van der Waals surface area contributed by atoms with Crippen molar-refractivity contribution in [3.05, 3.63) is 64.7 Å². The smallest absolute Gasteiger partial charge is 0.227 e. The first-order chi connectivity index (χ1) is 13.0. The predicted molar refractivity (Wildman–Crippen MR) is 109 cm³/mol. The molecular formula is C22H25ClN2O2. The van der Waals surface area contributed by atoms with Crippen LogP contribution in [0.3, 0.4) is 0 Å². The summed E-state index contributed by atoms with van der Waals surface area (Å²) in [5, 5.41) is 3.66. The van der Waals surface area contributed by atoms with E-state index >= 15 is 0 Å². The average Bonchev–Trinajstić information content (AvgIpc) is 3.03. The van der Waals surface area contributed by atoms with Gasteiger partial charge in [-0.1, -0.05) is 55.8 Å². The molecule has 1 fully saturated rings.